The third-order valence-electron chi connectivity index (χ3n) is 4.19. The minimum Gasteiger partial charge on any atom is -0.495 e. The van der Waals surface area contributed by atoms with Crippen LogP contribution < -0.4 is 10.1 Å². The van der Waals surface area contributed by atoms with Crippen LogP contribution in [0.1, 0.15) is 34.5 Å². The van der Waals surface area contributed by atoms with Crippen molar-refractivity contribution in [2.45, 2.75) is 24.8 Å². The molecule has 2 rings (SSSR count). The molecule has 26 heavy (non-hydrogen) atoms. The van der Waals surface area contributed by atoms with Gasteiger partial charge in [-0.3, -0.25) is 4.79 Å². The molecule has 140 valence electrons. The van der Waals surface area contributed by atoms with Gasteiger partial charge in [-0.15, -0.1) is 0 Å². The third kappa shape index (κ3) is 4.05. The fraction of sp³-hybridized carbons (Fsp3) is 0.316. The van der Waals surface area contributed by atoms with Crippen molar-refractivity contribution >= 4 is 15.9 Å². The lowest BCUT2D eigenvalue weighted by Crippen LogP contribution is -2.28. The largest absolute Gasteiger partial charge is 0.495 e. The smallest absolute Gasteiger partial charge is 0.251 e. The van der Waals surface area contributed by atoms with Crippen LogP contribution in [-0.2, 0) is 10.0 Å². The van der Waals surface area contributed by atoms with Crippen LogP contribution in [0, 0.1) is 6.92 Å². The van der Waals surface area contributed by atoms with Crippen LogP contribution >= 0.6 is 0 Å². The minimum absolute atomic E-state index is 0.0406. The normalized spacial score (nSPS) is 12.7. The molecular formula is C19H24N2O4S. The maximum atomic E-state index is 12.6. The predicted octanol–water partition coefficient (Wildman–Crippen LogP) is 2.74. The highest BCUT2D eigenvalue weighted by Crippen LogP contribution is 2.27. The number of amides is 1. The SMILES string of the molecule is COc1ccc(C(=O)NC(C)c2ccccc2C)cc1S(=O)(=O)N(C)C. The van der Waals surface area contributed by atoms with E-state index in [0.29, 0.717) is 0 Å². The molecule has 0 radical (unpaired) electrons. The van der Waals surface area contributed by atoms with Crippen molar-refractivity contribution in [1.29, 1.82) is 0 Å². The summed E-state index contributed by atoms with van der Waals surface area (Å²) in [5.41, 5.74) is 2.34. The van der Waals surface area contributed by atoms with Gasteiger partial charge >= 0.3 is 0 Å². The zero-order valence-corrected chi connectivity index (χ0v) is 16.4. The first-order chi connectivity index (χ1) is 12.2. The molecule has 1 atom stereocenters. The van der Waals surface area contributed by atoms with Crippen molar-refractivity contribution < 1.29 is 17.9 Å². The highest BCUT2D eigenvalue weighted by molar-refractivity contribution is 7.89. The lowest BCUT2D eigenvalue weighted by molar-refractivity contribution is 0.0939. The van der Waals surface area contributed by atoms with Gasteiger partial charge in [0.2, 0.25) is 10.0 Å². The van der Waals surface area contributed by atoms with Crippen LogP contribution in [0.4, 0.5) is 0 Å². The predicted molar refractivity (Wildman–Crippen MR) is 101 cm³/mol. The molecule has 1 N–H and O–H groups in total. The fourth-order valence-electron chi connectivity index (χ4n) is 2.65. The first kappa shape index (κ1) is 19.9. The standard InChI is InChI=1S/C19H24N2O4S/c1-13-8-6-7-9-16(13)14(2)20-19(22)15-10-11-17(25-5)18(12-15)26(23,24)21(3)4/h6-12,14H,1-5H3,(H,20,22). The molecule has 1 unspecified atom stereocenters. The van der Waals surface area contributed by atoms with Gasteiger partial charge in [0, 0.05) is 19.7 Å². The molecule has 0 bridgehead atoms. The Morgan fingerprint density at radius 2 is 1.81 bits per heavy atom. The van der Waals surface area contributed by atoms with Gasteiger partial charge in [0.1, 0.15) is 10.6 Å². The number of nitrogens with one attached hydrogen (secondary N) is 1. The average Bonchev–Trinajstić information content (AvgIpc) is 2.61. The molecule has 0 saturated heterocycles. The number of sulfonamides is 1. The number of rotatable bonds is 6. The topological polar surface area (TPSA) is 75.7 Å². The van der Waals surface area contributed by atoms with Crippen molar-refractivity contribution in [3.05, 3.63) is 59.2 Å². The van der Waals surface area contributed by atoms with E-state index in [1.807, 2.05) is 38.1 Å². The van der Waals surface area contributed by atoms with Gasteiger partial charge in [-0.25, -0.2) is 12.7 Å². The van der Waals surface area contributed by atoms with E-state index in [9.17, 15) is 13.2 Å². The van der Waals surface area contributed by atoms with E-state index in [2.05, 4.69) is 5.32 Å². The molecule has 0 aromatic heterocycles. The minimum atomic E-state index is -3.73. The summed E-state index contributed by atoms with van der Waals surface area (Å²) < 4.78 is 31.2. The number of carbonyl (C=O) groups excluding carboxylic acids is 1. The Labute approximate surface area is 154 Å². The Balaban J connectivity index is 2.34. The maximum absolute atomic E-state index is 12.6. The number of ether oxygens (including phenoxy) is 1. The van der Waals surface area contributed by atoms with Crippen LogP contribution in [0.3, 0.4) is 0 Å². The second-order valence-electron chi connectivity index (χ2n) is 6.20. The molecule has 1 amide bonds. The van der Waals surface area contributed by atoms with Crippen molar-refractivity contribution in [3.8, 4) is 5.75 Å². The molecule has 0 aliphatic heterocycles. The molecule has 2 aromatic rings. The van der Waals surface area contributed by atoms with Crippen molar-refractivity contribution in [3.63, 3.8) is 0 Å². The summed E-state index contributed by atoms with van der Waals surface area (Å²) in [5.74, 6) is -0.152. The molecular weight excluding hydrogens is 352 g/mol. The van der Waals surface area contributed by atoms with Crippen molar-refractivity contribution in [2.75, 3.05) is 21.2 Å². The zero-order valence-electron chi connectivity index (χ0n) is 15.6. The van der Waals surface area contributed by atoms with E-state index in [-0.39, 0.29) is 28.2 Å². The second-order valence-corrected chi connectivity index (χ2v) is 8.33. The van der Waals surface area contributed by atoms with Crippen LogP contribution in [0.2, 0.25) is 0 Å². The average molecular weight is 376 g/mol. The first-order valence-corrected chi connectivity index (χ1v) is 9.59. The Bertz CT molecular complexity index is 908. The van der Waals surface area contributed by atoms with E-state index < -0.39 is 10.0 Å². The lowest BCUT2D eigenvalue weighted by Gasteiger charge is -2.18. The summed E-state index contributed by atoms with van der Waals surface area (Å²) in [4.78, 5) is 12.6. The first-order valence-electron chi connectivity index (χ1n) is 8.15. The van der Waals surface area contributed by atoms with Crippen LogP contribution in [0.5, 0.6) is 5.75 Å². The Morgan fingerprint density at radius 3 is 2.38 bits per heavy atom. The molecule has 2 aromatic carbocycles. The number of aryl methyl sites for hydroxylation is 1. The molecule has 6 nitrogen and oxygen atoms in total. The molecule has 0 heterocycles. The molecule has 7 heteroatoms. The number of methoxy groups -OCH3 is 1. The maximum Gasteiger partial charge on any atom is 0.251 e. The second kappa shape index (κ2) is 7.88. The molecule has 0 fully saturated rings. The summed E-state index contributed by atoms with van der Waals surface area (Å²) in [6.45, 7) is 3.87. The van der Waals surface area contributed by atoms with Gasteiger partial charge in [0.25, 0.3) is 5.91 Å². The molecule has 0 saturated carbocycles. The van der Waals surface area contributed by atoms with Gasteiger partial charge in [0.05, 0.1) is 13.2 Å². The Hall–Kier alpha value is -2.38. The highest BCUT2D eigenvalue weighted by Gasteiger charge is 2.24. The highest BCUT2D eigenvalue weighted by atomic mass is 32.2. The summed E-state index contributed by atoms with van der Waals surface area (Å²) in [6, 6.07) is 12.0. The van der Waals surface area contributed by atoms with E-state index in [1.54, 1.807) is 6.07 Å². The summed E-state index contributed by atoms with van der Waals surface area (Å²) in [6.07, 6.45) is 0. The van der Waals surface area contributed by atoms with E-state index in [1.165, 1.54) is 33.3 Å². The van der Waals surface area contributed by atoms with Crippen molar-refractivity contribution in [1.82, 2.24) is 9.62 Å². The summed E-state index contributed by atoms with van der Waals surface area (Å²) >= 11 is 0. The monoisotopic (exact) mass is 376 g/mol. The van der Waals surface area contributed by atoms with E-state index >= 15 is 0 Å². The number of benzene rings is 2. The number of nitrogens with zero attached hydrogens (tertiary/aromatic N) is 1. The summed E-state index contributed by atoms with van der Waals surface area (Å²) in [7, 11) is 0.523. The zero-order chi connectivity index (χ0) is 19.5. The van der Waals surface area contributed by atoms with Gasteiger partial charge in [0.15, 0.2) is 0 Å². The lowest BCUT2D eigenvalue weighted by atomic mass is 10.0. The summed E-state index contributed by atoms with van der Waals surface area (Å²) in [5, 5.41) is 2.91. The van der Waals surface area contributed by atoms with Gasteiger partial charge in [-0.1, -0.05) is 24.3 Å². The number of hydrogen-bond acceptors (Lipinski definition) is 4. The Morgan fingerprint density at radius 1 is 1.15 bits per heavy atom. The molecule has 0 aliphatic rings. The van der Waals surface area contributed by atoms with Gasteiger partial charge in [-0.2, -0.15) is 0 Å². The quantitative estimate of drug-likeness (QED) is 0.841. The van der Waals surface area contributed by atoms with Gasteiger partial charge in [-0.05, 0) is 43.2 Å². The molecule has 0 spiro atoms. The van der Waals surface area contributed by atoms with Crippen LogP contribution in [0.15, 0.2) is 47.4 Å². The third-order valence-corrected chi connectivity index (χ3v) is 6.02. The van der Waals surface area contributed by atoms with E-state index in [0.717, 1.165) is 15.4 Å². The molecule has 0 aliphatic carbocycles. The van der Waals surface area contributed by atoms with Crippen molar-refractivity contribution in [2.24, 2.45) is 0 Å². The fourth-order valence-corrected chi connectivity index (χ4v) is 3.72. The number of carbonyl (C=O) groups is 1. The van der Waals surface area contributed by atoms with Crippen LogP contribution in [-0.4, -0.2) is 39.8 Å². The number of hydrogen-bond donors (Lipinski definition) is 1. The Kier molecular flexibility index (Phi) is 6.05. The van der Waals surface area contributed by atoms with Crippen LogP contribution in [0.25, 0.3) is 0 Å². The van der Waals surface area contributed by atoms with Gasteiger partial charge < -0.3 is 10.1 Å². The van der Waals surface area contributed by atoms with E-state index in [4.69, 9.17) is 4.74 Å².